The van der Waals surface area contributed by atoms with E-state index >= 15 is 0 Å². The maximum Gasteiger partial charge on any atom is 0.257 e. The SMILES string of the molecule is NCCc1ccc(Oc2ccc(F)c(C(=O)N3CCN(c4cnccn4)CC3)c2)cc1. The van der Waals surface area contributed by atoms with Crippen molar-refractivity contribution in [2.75, 3.05) is 37.6 Å². The molecule has 2 aromatic carbocycles. The first kappa shape index (κ1) is 20.7. The summed E-state index contributed by atoms with van der Waals surface area (Å²) in [7, 11) is 0. The van der Waals surface area contributed by atoms with E-state index in [9.17, 15) is 9.18 Å². The Balaban J connectivity index is 1.42. The number of halogens is 1. The predicted octanol–water partition coefficient (Wildman–Crippen LogP) is 2.87. The lowest BCUT2D eigenvalue weighted by molar-refractivity contribution is 0.0741. The van der Waals surface area contributed by atoms with Crippen molar-refractivity contribution in [1.29, 1.82) is 0 Å². The van der Waals surface area contributed by atoms with Crippen molar-refractivity contribution >= 4 is 11.7 Å². The van der Waals surface area contributed by atoms with Crippen LogP contribution in [-0.2, 0) is 6.42 Å². The molecule has 1 aliphatic heterocycles. The number of anilines is 1. The van der Waals surface area contributed by atoms with E-state index in [2.05, 4.69) is 14.9 Å². The number of nitrogens with zero attached hydrogens (tertiary/aromatic N) is 4. The number of benzene rings is 2. The fourth-order valence-corrected chi connectivity index (χ4v) is 3.52. The Morgan fingerprint density at radius 3 is 2.45 bits per heavy atom. The molecule has 7 nitrogen and oxygen atoms in total. The zero-order chi connectivity index (χ0) is 21.6. The van der Waals surface area contributed by atoms with Gasteiger partial charge in [0.2, 0.25) is 0 Å². The zero-order valence-electron chi connectivity index (χ0n) is 17.1. The summed E-state index contributed by atoms with van der Waals surface area (Å²) in [5, 5.41) is 0. The molecule has 1 saturated heterocycles. The predicted molar refractivity (Wildman–Crippen MR) is 116 cm³/mol. The van der Waals surface area contributed by atoms with Crippen molar-refractivity contribution in [3.05, 3.63) is 78.0 Å². The van der Waals surface area contributed by atoms with E-state index in [-0.39, 0.29) is 11.5 Å². The second-order valence-corrected chi connectivity index (χ2v) is 7.27. The summed E-state index contributed by atoms with van der Waals surface area (Å²) in [4.78, 5) is 25.0. The van der Waals surface area contributed by atoms with Crippen molar-refractivity contribution in [2.45, 2.75) is 6.42 Å². The van der Waals surface area contributed by atoms with Crippen LogP contribution in [0.1, 0.15) is 15.9 Å². The Bertz CT molecular complexity index is 1020. The van der Waals surface area contributed by atoms with Gasteiger partial charge < -0.3 is 20.3 Å². The van der Waals surface area contributed by atoms with Gasteiger partial charge in [0, 0.05) is 38.6 Å². The molecule has 2 heterocycles. The van der Waals surface area contributed by atoms with Crippen LogP contribution in [0.5, 0.6) is 11.5 Å². The first-order valence-electron chi connectivity index (χ1n) is 10.2. The van der Waals surface area contributed by atoms with E-state index in [1.54, 1.807) is 23.5 Å². The molecule has 1 fully saturated rings. The quantitative estimate of drug-likeness (QED) is 0.659. The lowest BCUT2D eigenvalue weighted by Gasteiger charge is -2.35. The summed E-state index contributed by atoms with van der Waals surface area (Å²) < 4.78 is 20.3. The topological polar surface area (TPSA) is 84.6 Å². The van der Waals surface area contributed by atoms with Crippen molar-refractivity contribution in [2.24, 2.45) is 5.73 Å². The van der Waals surface area contributed by atoms with E-state index in [4.69, 9.17) is 10.5 Å². The molecule has 4 rings (SSSR count). The lowest BCUT2D eigenvalue weighted by Crippen LogP contribution is -2.49. The van der Waals surface area contributed by atoms with E-state index < -0.39 is 5.82 Å². The van der Waals surface area contributed by atoms with Crippen LogP contribution < -0.4 is 15.4 Å². The smallest absolute Gasteiger partial charge is 0.257 e. The average molecular weight is 421 g/mol. The van der Waals surface area contributed by atoms with Crippen molar-refractivity contribution in [3.63, 3.8) is 0 Å². The molecule has 0 saturated carbocycles. The van der Waals surface area contributed by atoms with E-state index in [1.807, 2.05) is 24.3 Å². The number of nitrogens with two attached hydrogens (primary N) is 1. The highest BCUT2D eigenvalue weighted by Gasteiger charge is 2.25. The summed E-state index contributed by atoms with van der Waals surface area (Å²) >= 11 is 0. The van der Waals surface area contributed by atoms with Crippen molar-refractivity contribution in [3.8, 4) is 11.5 Å². The highest BCUT2D eigenvalue weighted by Crippen LogP contribution is 2.25. The zero-order valence-corrected chi connectivity index (χ0v) is 17.1. The highest BCUT2D eigenvalue weighted by molar-refractivity contribution is 5.95. The molecular formula is C23H24FN5O2. The summed E-state index contributed by atoms with van der Waals surface area (Å²) in [5.41, 5.74) is 6.69. The lowest BCUT2D eigenvalue weighted by atomic mass is 10.1. The van der Waals surface area contributed by atoms with Crippen LogP contribution in [0.4, 0.5) is 10.2 Å². The normalized spacial score (nSPS) is 13.9. The van der Waals surface area contributed by atoms with E-state index in [0.717, 1.165) is 17.8 Å². The molecule has 31 heavy (non-hydrogen) atoms. The van der Waals surface area contributed by atoms with E-state index in [0.29, 0.717) is 44.2 Å². The largest absolute Gasteiger partial charge is 0.457 e. The third-order valence-electron chi connectivity index (χ3n) is 5.20. The number of carbonyl (C=O) groups excluding carboxylic acids is 1. The minimum atomic E-state index is -0.563. The molecule has 160 valence electrons. The second kappa shape index (κ2) is 9.53. The molecule has 0 spiro atoms. The first-order chi connectivity index (χ1) is 15.1. The van der Waals surface area contributed by atoms with Crippen LogP contribution in [0.15, 0.2) is 61.1 Å². The van der Waals surface area contributed by atoms with Gasteiger partial charge in [0.05, 0.1) is 11.8 Å². The molecule has 8 heteroatoms. The summed E-state index contributed by atoms with van der Waals surface area (Å²) in [5.74, 6) is 0.888. The molecule has 2 N–H and O–H groups in total. The Hall–Kier alpha value is -3.52. The van der Waals surface area contributed by atoms with Gasteiger partial charge in [-0.25, -0.2) is 9.37 Å². The number of aromatic nitrogens is 2. The number of amides is 1. The first-order valence-corrected chi connectivity index (χ1v) is 10.2. The summed E-state index contributed by atoms with van der Waals surface area (Å²) in [6, 6.07) is 11.8. The van der Waals surface area contributed by atoms with Gasteiger partial charge in [-0.2, -0.15) is 0 Å². The number of rotatable bonds is 6. The van der Waals surface area contributed by atoms with Gasteiger partial charge in [0.1, 0.15) is 23.1 Å². The number of ether oxygens (including phenoxy) is 1. The van der Waals surface area contributed by atoms with Crippen LogP contribution in [0.25, 0.3) is 0 Å². The monoisotopic (exact) mass is 421 g/mol. The van der Waals surface area contributed by atoms with E-state index in [1.165, 1.54) is 18.2 Å². The Labute approximate surface area is 180 Å². The van der Waals surface area contributed by atoms with Gasteiger partial charge in [0.25, 0.3) is 5.91 Å². The standard InChI is InChI=1S/C23H24FN5O2/c24-21-6-5-19(31-18-3-1-17(2-4-18)7-8-25)15-20(21)23(30)29-13-11-28(12-14-29)22-16-26-9-10-27-22/h1-6,9-10,15-16H,7-8,11-14,25H2. The van der Waals surface area contributed by atoms with Crippen LogP contribution in [0, 0.1) is 5.82 Å². The maximum atomic E-state index is 14.4. The molecule has 0 bridgehead atoms. The maximum absolute atomic E-state index is 14.4. The van der Waals surface area contributed by atoms with Crippen LogP contribution in [0.3, 0.4) is 0 Å². The number of carbonyl (C=O) groups is 1. The average Bonchev–Trinajstić information content (AvgIpc) is 2.82. The van der Waals surface area contributed by atoms with Crippen LogP contribution >= 0.6 is 0 Å². The molecule has 0 atom stereocenters. The summed E-state index contributed by atoms with van der Waals surface area (Å²) in [6.07, 6.45) is 5.75. The van der Waals surface area contributed by atoms with Gasteiger partial charge in [-0.15, -0.1) is 0 Å². The molecule has 0 aliphatic carbocycles. The minimum Gasteiger partial charge on any atom is -0.457 e. The van der Waals surface area contributed by atoms with Gasteiger partial charge in [-0.05, 0) is 48.9 Å². The molecule has 1 aromatic heterocycles. The van der Waals surface area contributed by atoms with Crippen molar-refractivity contribution < 1.29 is 13.9 Å². The number of piperazine rings is 1. The fraction of sp³-hybridized carbons (Fsp3) is 0.261. The minimum absolute atomic E-state index is 0.00482. The highest BCUT2D eigenvalue weighted by atomic mass is 19.1. The molecule has 0 radical (unpaired) electrons. The third kappa shape index (κ3) is 4.97. The van der Waals surface area contributed by atoms with Crippen LogP contribution in [0.2, 0.25) is 0 Å². The van der Waals surface area contributed by atoms with Gasteiger partial charge in [-0.3, -0.25) is 9.78 Å². The Morgan fingerprint density at radius 2 is 1.77 bits per heavy atom. The van der Waals surface area contributed by atoms with Crippen molar-refractivity contribution in [1.82, 2.24) is 14.9 Å². The number of hydrogen-bond donors (Lipinski definition) is 1. The van der Waals surface area contributed by atoms with Gasteiger partial charge in [0.15, 0.2) is 0 Å². The Kier molecular flexibility index (Phi) is 6.37. The van der Waals surface area contributed by atoms with Gasteiger partial charge >= 0.3 is 0 Å². The molecular weight excluding hydrogens is 397 g/mol. The third-order valence-corrected chi connectivity index (χ3v) is 5.20. The second-order valence-electron chi connectivity index (χ2n) is 7.27. The van der Waals surface area contributed by atoms with Crippen LogP contribution in [-0.4, -0.2) is 53.5 Å². The van der Waals surface area contributed by atoms with Gasteiger partial charge in [-0.1, -0.05) is 12.1 Å². The molecule has 1 aliphatic rings. The molecule has 0 unspecified atom stereocenters. The molecule has 3 aromatic rings. The Morgan fingerprint density at radius 1 is 1.03 bits per heavy atom. The summed E-state index contributed by atoms with van der Waals surface area (Å²) in [6.45, 7) is 2.75. The fourth-order valence-electron chi connectivity index (χ4n) is 3.52. The molecule has 1 amide bonds. The number of hydrogen-bond acceptors (Lipinski definition) is 6.